The minimum atomic E-state index is -0.161. The van der Waals surface area contributed by atoms with Crippen molar-refractivity contribution in [2.45, 2.75) is 45.1 Å². The summed E-state index contributed by atoms with van der Waals surface area (Å²) in [4.78, 5) is 11.8. The molecule has 0 aliphatic carbocycles. The SMILES string of the molecule is CCc1ccccc1OC(=O)CCC1CCCO1. The lowest BCUT2D eigenvalue weighted by Gasteiger charge is -2.10. The lowest BCUT2D eigenvalue weighted by atomic mass is 10.1. The normalized spacial score (nSPS) is 18.8. The summed E-state index contributed by atoms with van der Waals surface area (Å²) in [6, 6.07) is 7.69. The van der Waals surface area contributed by atoms with Crippen LogP contribution in [0.4, 0.5) is 0 Å². The van der Waals surface area contributed by atoms with E-state index in [0.29, 0.717) is 12.2 Å². The first-order valence-electron chi connectivity index (χ1n) is 6.69. The molecule has 0 spiro atoms. The second-order valence-corrected chi connectivity index (χ2v) is 4.61. The molecule has 1 fully saturated rings. The van der Waals surface area contributed by atoms with Crippen molar-refractivity contribution in [1.82, 2.24) is 0 Å². The zero-order valence-corrected chi connectivity index (χ0v) is 10.9. The summed E-state index contributed by atoms with van der Waals surface area (Å²) in [6.07, 6.45) is 4.50. The van der Waals surface area contributed by atoms with Gasteiger partial charge in [0.15, 0.2) is 0 Å². The molecule has 3 heteroatoms. The molecule has 0 saturated carbocycles. The van der Waals surface area contributed by atoms with Crippen molar-refractivity contribution in [3.63, 3.8) is 0 Å². The molecule has 98 valence electrons. The quantitative estimate of drug-likeness (QED) is 0.593. The van der Waals surface area contributed by atoms with E-state index in [1.54, 1.807) is 0 Å². The summed E-state index contributed by atoms with van der Waals surface area (Å²) in [5.74, 6) is 0.531. The molecule has 0 radical (unpaired) electrons. The summed E-state index contributed by atoms with van der Waals surface area (Å²) in [5, 5.41) is 0. The van der Waals surface area contributed by atoms with Crippen LogP contribution in [-0.2, 0) is 16.0 Å². The van der Waals surface area contributed by atoms with Gasteiger partial charge in [0, 0.05) is 13.0 Å². The van der Waals surface area contributed by atoms with Gasteiger partial charge >= 0.3 is 5.97 Å². The number of rotatable bonds is 5. The van der Waals surface area contributed by atoms with E-state index in [2.05, 4.69) is 6.92 Å². The van der Waals surface area contributed by atoms with Crippen LogP contribution in [0.2, 0.25) is 0 Å². The first-order valence-corrected chi connectivity index (χ1v) is 6.69. The summed E-state index contributed by atoms with van der Waals surface area (Å²) in [5.41, 5.74) is 1.07. The Kier molecular flexibility index (Phi) is 4.76. The number of carbonyl (C=O) groups is 1. The van der Waals surface area contributed by atoms with Gasteiger partial charge in [-0.25, -0.2) is 0 Å². The van der Waals surface area contributed by atoms with Crippen LogP contribution in [0.25, 0.3) is 0 Å². The van der Waals surface area contributed by atoms with Crippen molar-refractivity contribution in [2.24, 2.45) is 0 Å². The van der Waals surface area contributed by atoms with E-state index < -0.39 is 0 Å². The average molecular weight is 248 g/mol. The monoisotopic (exact) mass is 248 g/mol. The number of aryl methyl sites for hydroxylation is 1. The fourth-order valence-corrected chi connectivity index (χ4v) is 2.22. The second-order valence-electron chi connectivity index (χ2n) is 4.61. The molecule has 1 aromatic carbocycles. The minimum Gasteiger partial charge on any atom is -0.426 e. The van der Waals surface area contributed by atoms with Gasteiger partial charge in [-0.3, -0.25) is 4.79 Å². The topological polar surface area (TPSA) is 35.5 Å². The standard InChI is InChI=1S/C15H20O3/c1-2-12-6-3-4-8-14(12)18-15(16)10-9-13-7-5-11-17-13/h3-4,6,8,13H,2,5,7,9-11H2,1H3. The Hall–Kier alpha value is -1.35. The van der Waals surface area contributed by atoms with Crippen LogP contribution in [0, 0.1) is 0 Å². The van der Waals surface area contributed by atoms with Gasteiger partial charge in [0.25, 0.3) is 0 Å². The zero-order chi connectivity index (χ0) is 12.8. The molecule has 1 aromatic rings. The highest BCUT2D eigenvalue weighted by molar-refractivity contribution is 5.72. The molecule has 3 nitrogen and oxygen atoms in total. The minimum absolute atomic E-state index is 0.161. The Balaban J connectivity index is 1.82. The number of hydrogen-bond acceptors (Lipinski definition) is 3. The predicted molar refractivity (Wildman–Crippen MR) is 69.7 cm³/mol. The van der Waals surface area contributed by atoms with Gasteiger partial charge in [0.05, 0.1) is 6.10 Å². The van der Waals surface area contributed by atoms with Crippen molar-refractivity contribution in [3.05, 3.63) is 29.8 Å². The van der Waals surface area contributed by atoms with Crippen molar-refractivity contribution in [1.29, 1.82) is 0 Å². The summed E-state index contributed by atoms with van der Waals surface area (Å²) in [7, 11) is 0. The van der Waals surface area contributed by atoms with E-state index in [0.717, 1.165) is 37.9 Å². The van der Waals surface area contributed by atoms with Crippen LogP contribution in [0.15, 0.2) is 24.3 Å². The highest BCUT2D eigenvalue weighted by atomic mass is 16.5. The molecule has 1 aliphatic heterocycles. The number of esters is 1. The molecule has 0 aromatic heterocycles. The van der Waals surface area contributed by atoms with E-state index in [-0.39, 0.29) is 12.1 Å². The third-order valence-electron chi connectivity index (χ3n) is 3.27. The van der Waals surface area contributed by atoms with Gasteiger partial charge < -0.3 is 9.47 Å². The van der Waals surface area contributed by atoms with Crippen LogP contribution < -0.4 is 4.74 Å². The first-order chi connectivity index (χ1) is 8.79. The van der Waals surface area contributed by atoms with E-state index in [1.807, 2.05) is 24.3 Å². The maximum Gasteiger partial charge on any atom is 0.311 e. The largest absolute Gasteiger partial charge is 0.426 e. The van der Waals surface area contributed by atoms with Gasteiger partial charge in [-0.2, -0.15) is 0 Å². The summed E-state index contributed by atoms with van der Waals surface area (Å²) in [6.45, 7) is 2.89. The third-order valence-corrected chi connectivity index (χ3v) is 3.27. The molecule has 0 amide bonds. The van der Waals surface area contributed by atoms with Crippen molar-refractivity contribution < 1.29 is 14.3 Å². The van der Waals surface area contributed by atoms with E-state index in [1.165, 1.54) is 0 Å². The highest BCUT2D eigenvalue weighted by Crippen LogP contribution is 2.20. The fraction of sp³-hybridized carbons (Fsp3) is 0.533. The lowest BCUT2D eigenvalue weighted by Crippen LogP contribution is -2.13. The molecular formula is C15H20O3. The number of para-hydroxylation sites is 1. The van der Waals surface area contributed by atoms with Crippen molar-refractivity contribution in [2.75, 3.05) is 6.61 Å². The molecule has 1 heterocycles. The maximum atomic E-state index is 11.8. The zero-order valence-electron chi connectivity index (χ0n) is 10.9. The van der Waals surface area contributed by atoms with Crippen LogP contribution in [0.1, 0.15) is 38.2 Å². The van der Waals surface area contributed by atoms with Crippen LogP contribution in [0.3, 0.4) is 0 Å². The number of benzene rings is 1. The Morgan fingerprint density at radius 3 is 3.00 bits per heavy atom. The Morgan fingerprint density at radius 1 is 1.44 bits per heavy atom. The highest BCUT2D eigenvalue weighted by Gasteiger charge is 2.17. The average Bonchev–Trinajstić information content (AvgIpc) is 2.90. The molecule has 2 rings (SSSR count). The molecule has 1 saturated heterocycles. The lowest BCUT2D eigenvalue weighted by molar-refractivity contribution is -0.135. The molecule has 18 heavy (non-hydrogen) atoms. The Labute approximate surface area is 108 Å². The van der Waals surface area contributed by atoms with E-state index in [4.69, 9.17) is 9.47 Å². The number of ether oxygens (including phenoxy) is 2. The van der Waals surface area contributed by atoms with Crippen molar-refractivity contribution in [3.8, 4) is 5.75 Å². The maximum absolute atomic E-state index is 11.8. The molecule has 0 N–H and O–H groups in total. The van der Waals surface area contributed by atoms with Gasteiger partial charge in [-0.05, 0) is 37.3 Å². The molecule has 1 unspecified atom stereocenters. The summed E-state index contributed by atoms with van der Waals surface area (Å²) < 4.78 is 10.9. The second kappa shape index (κ2) is 6.55. The predicted octanol–water partition coefficient (Wildman–Crippen LogP) is 3.11. The Morgan fingerprint density at radius 2 is 2.28 bits per heavy atom. The third kappa shape index (κ3) is 3.57. The van der Waals surface area contributed by atoms with Gasteiger partial charge in [-0.15, -0.1) is 0 Å². The summed E-state index contributed by atoms with van der Waals surface area (Å²) >= 11 is 0. The van der Waals surface area contributed by atoms with Gasteiger partial charge in [0.1, 0.15) is 5.75 Å². The van der Waals surface area contributed by atoms with Gasteiger partial charge in [-0.1, -0.05) is 25.1 Å². The van der Waals surface area contributed by atoms with Crippen LogP contribution >= 0.6 is 0 Å². The molecule has 0 bridgehead atoms. The first kappa shape index (κ1) is 13.1. The van der Waals surface area contributed by atoms with E-state index >= 15 is 0 Å². The molecule has 1 atom stereocenters. The fourth-order valence-electron chi connectivity index (χ4n) is 2.22. The molecular weight excluding hydrogens is 228 g/mol. The number of carbonyl (C=O) groups excluding carboxylic acids is 1. The van der Waals surface area contributed by atoms with Gasteiger partial charge in [0.2, 0.25) is 0 Å². The van der Waals surface area contributed by atoms with E-state index in [9.17, 15) is 4.79 Å². The number of hydrogen-bond donors (Lipinski definition) is 0. The Bertz CT molecular complexity index is 394. The van der Waals surface area contributed by atoms with Crippen LogP contribution in [0.5, 0.6) is 5.75 Å². The molecule has 1 aliphatic rings. The smallest absolute Gasteiger partial charge is 0.311 e. The van der Waals surface area contributed by atoms with Crippen molar-refractivity contribution >= 4 is 5.97 Å². The van der Waals surface area contributed by atoms with Crippen LogP contribution in [-0.4, -0.2) is 18.7 Å².